The number of hydrogen-bond acceptors (Lipinski definition) is 0. The Morgan fingerprint density at radius 1 is 1.00 bits per heavy atom. The summed E-state index contributed by atoms with van der Waals surface area (Å²) >= 11 is 0. The minimum Gasteiger partial charge on any atom is -1.00 e. The van der Waals surface area contributed by atoms with Gasteiger partial charge >= 0.3 is 0 Å². The third-order valence-electron chi connectivity index (χ3n) is 2.83. The molecule has 0 aliphatic heterocycles. The maximum atomic E-state index is 2.40. The van der Waals surface area contributed by atoms with Crippen LogP contribution in [0.5, 0.6) is 0 Å². The number of hydrogen-bond donors (Lipinski definition) is 1. The molecule has 1 N–H and O–H groups in total. The Balaban J connectivity index is 0. The average Bonchev–Trinajstić information content (AvgIpc) is 2.18. The summed E-state index contributed by atoms with van der Waals surface area (Å²) in [5.74, 6) is 0. The van der Waals surface area contributed by atoms with Crippen molar-refractivity contribution in [2.45, 2.75) is 47.5 Å². The highest BCUT2D eigenvalue weighted by Crippen LogP contribution is 2.05. The Kier molecular flexibility index (Phi) is 12.7. The van der Waals surface area contributed by atoms with Gasteiger partial charge in [-0.15, -0.1) is 0 Å². The average molecular weight is 246 g/mol. The summed E-state index contributed by atoms with van der Waals surface area (Å²) in [5, 5.41) is 0. The number of nitrogens with one attached hydrogen (secondary N) is 1. The van der Waals surface area contributed by atoms with Crippen molar-refractivity contribution in [2.24, 2.45) is 0 Å². The van der Waals surface area contributed by atoms with Gasteiger partial charge in [0.05, 0.1) is 19.6 Å². The van der Waals surface area contributed by atoms with Crippen LogP contribution in [-0.2, 0) is 0 Å². The quantitative estimate of drug-likeness (QED) is 0.583. The Hall–Kier alpha value is -0.270. The van der Waals surface area contributed by atoms with Gasteiger partial charge in [0.2, 0.25) is 0 Å². The van der Waals surface area contributed by atoms with Crippen LogP contribution in [0.1, 0.15) is 47.5 Å². The van der Waals surface area contributed by atoms with Gasteiger partial charge in [-0.2, -0.15) is 0 Å². The topological polar surface area (TPSA) is 4.44 Å². The largest absolute Gasteiger partial charge is 1.00 e. The van der Waals surface area contributed by atoms with E-state index in [1.54, 1.807) is 4.90 Å². The standard InChI is InChI=1S/C14H27N.ClH/c1-6-15(7-2)12-11-14(5)10-8-9-13(3)4;/h9,11H,6-8,10,12H2,1-5H3;1H/b14-11-;. The maximum absolute atomic E-state index is 2.40. The molecule has 0 saturated heterocycles. The van der Waals surface area contributed by atoms with E-state index in [1.807, 2.05) is 0 Å². The van der Waals surface area contributed by atoms with Crippen LogP contribution < -0.4 is 17.3 Å². The molecule has 1 nitrogen and oxygen atoms in total. The van der Waals surface area contributed by atoms with Gasteiger partial charge in [0, 0.05) is 0 Å². The summed E-state index contributed by atoms with van der Waals surface area (Å²) in [5.41, 5.74) is 2.96. The molecule has 0 heterocycles. The Bertz CT molecular complexity index is 211. The third kappa shape index (κ3) is 10.3. The van der Waals surface area contributed by atoms with E-state index in [4.69, 9.17) is 0 Å². The summed E-state index contributed by atoms with van der Waals surface area (Å²) < 4.78 is 0. The molecular weight excluding hydrogens is 218 g/mol. The maximum Gasteiger partial charge on any atom is 0.0960 e. The Morgan fingerprint density at radius 3 is 2.00 bits per heavy atom. The molecule has 0 aromatic heterocycles. The molecule has 0 aliphatic carbocycles. The van der Waals surface area contributed by atoms with E-state index in [2.05, 4.69) is 46.8 Å². The zero-order chi connectivity index (χ0) is 11.7. The smallest absolute Gasteiger partial charge is 0.0960 e. The predicted molar refractivity (Wildman–Crippen MR) is 69.3 cm³/mol. The van der Waals surface area contributed by atoms with E-state index in [9.17, 15) is 0 Å². The first-order valence-corrected chi connectivity index (χ1v) is 6.22. The van der Waals surface area contributed by atoms with Crippen molar-refractivity contribution in [3.8, 4) is 0 Å². The van der Waals surface area contributed by atoms with E-state index in [0.29, 0.717) is 0 Å². The van der Waals surface area contributed by atoms with Crippen molar-refractivity contribution in [2.75, 3.05) is 19.6 Å². The zero-order valence-corrected chi connectivity index (χ0v) is 12.3. The summed E-state index contributed by atoms with van der Waals surface area (Å²) in [6.07, 6.45) is 7.13. The minimum atomic E-state index is 0. The molecule has 0 aliphatic rings. The fourth-order valence-corrected chi connectivity index (χ4v) is 1.55. The summed E-state index contributed by atoms with van der Waals surface area (Å²) in [4.78, 5) is 1.66. The van der Waals surface area contributed by atoms with E-state index < -0.39 is 0 Å². The lowest BCUT2D eigenvalue weighted by Gasteiger charge is -2.13. The molecule has 0 aromatic carbocycles. The lowest BCUT2D eigenvalue weighted by atomic mass is 10.1. The van der Waals surface area contributed by atoms with Crippen LogP contribution in [-0.4, -0.2) is 19.6 Å². The van der Waals surface area contributed by atoms with Gasteiger partial charge in [0.25, 0.3) is 0 Å². The molecule has 96 valence electrons. The van der Waals surface area contributed by atoms with Crippen molar-refractivity contribution in [3.05, 3.63) is 23.3 Å². The van der Waals surface area contributed by atoms with Crippen molar-refractivity contribution in [1.82, 2.24) is 0 Å². The Morgan fingerprint density at radius 2 is 1.56 bits per heavy atom. The van der Waals surface area contributed by atoms with Crippen LogP contribution in [0.3, 0.4) is 0 Å². The molecule has 0 fully saturated rings. The first-order valence-electron chi connectivity index (χ1n) is 6.22. The SMILES string of the molecule is CC[NH+](CC)C/C=C(/C)CCC=C(C)C.[Cl-]. The number of halogens is 1. The van der Waals surface area contributed by atoms with Gasteiger partial charge in [-0.25, -0.2) is 0 Å². The van der Waals surface area contributed by atoms with Gasteiger partial charge in [0.1, 0.15) is 0 Å². The Labute approximate surface area is 108 Å². The fraction of sp³-hybridized carbons (Fsp3) is 0.714. The second-order valence-corrected chi connectivity index (χ2v) is 4.53. The predicted octanol–water partition coefficient (Wildman–Crippen LogP) is -0.392. The fourth-order valence-electron chi connectivity index (χ4n) is 1.55. The normalized spacial score (nSPS) is 11.2. The summed E-state index contributed by atoms with van der Waals surface area (Å²) in [6, 6.07) is 0. The molecule has 0 rings (SSSR count). The summed E-state index contributed by atoms with van der Waals surface area (Å²) in [7, 11) is 0. The van der Waals surface area contributed by atoms with Gasteiger partial charge in [-0.05, 0) is 53.5 Å². The lowest BCUT2D eigenvalue weighted by molar-refractivity contribution is -0.890. The van der Waals surface area contributed by atoms with Crippen molar-refractivity contribution in [1.29, 1.82) is 0 Å². The second-order valence-electron chi connectivity index (χ2n) is 4.53. The monoisotopic (exact) mass is 245 g/mol. The van der Waals surface area contributed by atoms with Gasteiger partial charge in [-0.1, -0.05) is 17.2 Å². The highest BCUT2D eigenvalue weighted by molar-refractivity contribution is 5.01. The number of quaternary nitrogens is 1. The molecule has 16 heavy (non-hydrogen) atoms. The van der Waals surface area contributed by atoms with Crippen LogP contribution in [0.25, 0.3) is 0 Å². The van der Waals surface area contributed by atoms with Gasteiger partial charge in [0.15, 0.2) is 0 Å². The highest BCUT2D eigenvalue weighted by Gasteiger charge is 1.98. The van der Waals surface area contributed by atoms with Crippen LogP contribution >= 0.6 is 0 Å². The summed E-state index contributed by atoms with van der Waals surface area (Å²) in [6.45, 7) is 14.7. The number of likely N-dealkylation sites (N-methyl/N-ethyl adjacent to an activating group) is 1. The number of allylic oxidation sites excluding steroid dienone is 3. The van der Waals surface area contributed by atoms with Crippen LogP contribution in [0.2, 0.25) is 0 Å². The molecule has 0 saturated carbocycles. The molecule has 2 heteroatoms. The van der Waals surface area contributed by atoms with Gasteiger partial charge in [-0.3, -0.25) is 0 Å². The zero-order valence-electron chi connectivity index (χ0n) is 11.6. The van der Waals surface area contributed by atoms with Crippen molar-refractivity contribution in [3.63, 3.8) is 0 Å². The van der Waals surface area contributed by atoms with E-state index in [1.165, 1.54) is 43.6 Å². The molecule has 0 amide bonds. The highest BCUT2D eigenvalue weighted by atomic mass is 35.5. The molecule has 0 radical (unpaired) electrons. The molecular formula is C14H28ClN. The van der Waals surface area contributed by atoms with Crippen molar-refractivity contribution >= 4 is 0 Å². The molecule has 0 spiro atoms. The molecule has 0 unspecified atom stereocenters. The van der Waals surface area contributed by atoms with E-state index >= 15 is 0 Å². The van der Waals surface area contributed by atoms with Crippen LogP contribution in [0, 0.1) is 0 Å². The van der Waals surface area contributed by atoms with Gasteiger partial charge < -0.3 is 17.3 Å². The van der Waals surface area contributed by atoms with Crippen LogP contribution in [0.4, 0.5) is 0 Å². The van der Waals surface area contributed by atoms with E-state index in [-0.39, 0.29) is 12.4 Å². The van der Waals surface area contributed by atoms with Crippen LogP contribution in [0.15, 0.2) is 23.3 Å². The molecule has 0 aromatic rings. The second kappa shape index (κ2) is 11.2. The molecule has 0 atom stereocenters. The first-order chi connectivity index (χ1) is 7.10. The number of rotatable bonds is 7. The van der Waals surface area contributed by atoms with E-state index in [0.717, 1.165) is 0 Å². The van der Waals surface area contributed by atoms with Crippen molar-refractivity contribution < 1.29 is 17.3 Å². The first kappa shape index (κ1) is 18.1. The molecule has 0 bridgehead atoms. The third-order valence-corrected chi connectivity index (χ3v) is 2.83. The minimum absolute atomic E-state index is 0. The lowest BCUT2D eigenvalue weighted by Crippen LogP contribution is -3.11.